The number of ether oxygens (including phenoxy) is 2. The van der Waals surface area contributed by atoms with Gasteiger partial charge in [0.05, 0.1) is 13.7 Å². The van der Waals surface area contributed by atoms with Gasteiger partial charge in [-0.25, -0.2) is 4.98 Å². The zero-order valence-corrected chi connectivity index (χ0v) is 13.5. The third kappa shape index (κ3) is 4.74. The highest BCUT2D eigenvalue weighted by molar-refractivity contribution is 5.55. The number of nitrogens with zero attached hydrogens (tertiary/aromatic N) is 2. The van der Waals surface area contributed by atoms with Gasteiger partial charge in [-0.15, -0.1) is 0 Å². The average molecular weight is 341 g/mol. The van der Waals surface area contributed by atoms with Crippen LogP contribution in [0.25, 0.3) is 0 Å². The standard InChI is InChI=1S/C16H18F3N3O2/c1-10(2)9-24-12-6-4-11(5-7-12)21-15-20-8-13(16(17,18)19)14(22-15)23-3/h4-8,10H,9H2,1-3H3,(H,20,21,22). The van der Waals surface area contributed by atoms with Gasteiger partial charge in [0, 0.05) is 11.9 Å². The Labute approximate surface area is 137 Å². The van der Waals surface area contributed by atoms with Crippen LogP contribution >= 0.6 is 0 Å². The summed E-state index contributed by atoms with van der Waals surface area (Å²) in [5.74, 6) is 0.601. The van der Waals surface area contributed by atoms with Crippen LogP contribution in [0.3, 0.4) is 0 Å². The molecule has 130 valence electrons. The van der Waals surface area contributed by atoms with E-state index in [-0.39, 0.29) is 5.95 Å². The predicted octanol–water partition coefficient (Wildman–Crippen LogP) is 4.28. The molecule has 1 aromatic carbocycles. The fraction of sp³-hybridized carbons (Fsp3) is 0.375. The summed E-state index contributed by atoms with van der Waals surface area (Å²) in [5, 5.41) is 2.82. The van der Waals surface area contributed by atoms with Gasteiger partial charge in [0.25, 0.3) is 0 Å². The van der Waals surface area contributed by atoms with Crippen molar-refractivity contribution >= 4 is 11.6 Å². The quantitative estimate of drug-likeness (QED) is 0.850. The Kier molecular flexibility index (Phi) is 5.48. The zero-order valence-electron chi connectivity index (χ0n) is 13.5. The Morgan fingerprint density at radius 1 is 1.17 bits per heavy atom. The van der Waals surface area contributed by atoms with Crippen LogP contribution in [-0.4, -0.2) is 23.7 Å². The highest BCUT2D eigenvalue weighted by atomic mass is 19.4. The molecular formula is C16H18F3N3O2. The maximum Gasteiger partial charge on any atom is 0.423 e. The number of anilines is 2. The molecule has 1 heterocycles. The number of rotatable bonds is 6. The molecule has 0 fully saturated rings. The number of hydrogen-bond acceptors (Lipinski definition) is 5. The number of halogens is 3. The van der Waals surface area contributed by atoms with Crippen LogP contribution in [-0.2, 0) is 6.18 Å². The van der Waals surface area contributed by atoms with E-state index < -0.39 is 17.6 Å². The maximum absolute atomic E-state index is 12.8. The molecule has 0 aliphatic carbocycles. The molecule has 1 N–H and O–H groups in total. The van der Waals surface area contributed by atoms with Gasteiger partial charge in [-0.05, 0) is 30.2 Å². The lowest BCUT2D eigenvalue weighted by Gasteiger charge is -2.12. The van der Waals surface area contributed by atoms with Crippen molar-refractivity contribution in [2.24, 2.45) is 5.92 Å². The maximum atomic E-state index is 12.8. The van der Waals surface area contributed by atoms with Gasteiger partial charge < -0.3 is 14.8 Å². The van der Waals surface area contributed by atoms with Crippen molar-refractivity contribution in [2.75, 3.05) is 19.0 Å². The van der Waals surface area contributed by atoms with Crippen molar-refractivity contribution in [1.82, 2.24) is 9.97 Å². The smallest absolute Gasteiger partial charge is 0.423 e. The highest BCUT2D eigenvalue weighted by Gasteiger charge is 2.36. The second kappa shape index (κ2) is 7.37. The van der Waals surface area contributed by atoms with E-state index in [4.69, 9.17) is 9.47 Å². The van der Waals surface area contributed by atoms with Gasteiger partial charge in [0.15, 0.2) is 0 Å². The highest BCUT2D eigenvalue weighted by Crippen LogP contribution is 2.35. The van der Waals surface area contributed by atoms with Crippen LogP contribution in [0, 0.1) is 5.92 Å². The van der Waals surface area contributed by atoms with Gasteiger partial charge in [-0.1, -0.05) is 13.8 Å². The molecule has 24 heavy (non-hydrogen) atoms. The van der Waals surface area contributed by atoms with Crippen molar-refractivity contribution in [2.45, 2.75) is 20.0 Å². The lowest BCUT2D eigenvalue weighted by molar-refractivity contribution is -0.139. The van der Waals surface area contributed by atoms with Crippen LogP contribution < -0.4 is 14.8 Å². The van der Waals surface area contributed by atoms with Gasteiger partial charge in [0.1, 0.15) is 11.3 Å². The number of aromatic nitrogens is 2. The van der Waals surface area contributed by atoms with Crippen LogP contribution in [0.4, 0.5) is 24.8 Å². The van der Waals surface area contributed by atoms with E-state index in [0.29, 0.717) is 30.2 Å². The van der Waals surface area contributed by atoms with Gasteiger partial charge in [0.2, 0.25) is 11.8 Å². The number of benzene rings is 1. The molecule has 0 aliphatic rings. The van der Waals surface area contributed by atoms with Crippen LogP contribution in [0.2, 0.25) is 0 Å². The molecular weight excluding hydrogens is 323 g/mol. The summed E-state index contributed by atoms with van der Waals surface area (Å²) in [7, 11) is 1.13. The monoisotopic (exact) mass is 341 g/mol. The Morgan fingerprint density at radius 3 is 2.38 bits per heavy atom. The average Bonchev–Trinajstić information content (AvgIpc) is 2.53. The summed E-state index contributed by atoms with van der Waals surface area (Å²) in [6.45, 7) is 4.70. The minimum absolute atomic E-state index is 0.00991. The van der Waals surface area contributed by atoms with E-state index in [9.17, 15) is 13.2 Å². The summed E-state index contributed by atoms with van der Waals surface area (Å²) in [6, 6.07) is 6.96. The second-order valence-electron chi connectivity index (χ2n) is 5.47. The molecule has 2 aromatic rings. The molecule has 0 aliphatic heterocycles. The fourth-order valence-electron chi connectivity index (χ4n) is 1.80. The molecule has 1 aromatic heterocycles. The first-order valence-electron chi connectivity index (χ1n) is 7.27. The van der Waals surface area contributed by atoms with E-state index in [2.05, 4.69) is 15.3 Å². The molecule has 0 radical (unpaired) electrons. The first-order valence-corrected chi connectivity index (χ1v) is 7.27. The Bertz CT molecular complexity index is 673. The number of hydrogen-bond donors (Lipinski definition) is 1. The lowest BCUT2D eigenvalue weighted by atomic mass is 10.2. The summed E-state index contributed by atoms with van der Waals surface area (Å²) in [5.41, 5.74) is -0.401. The van der Waals surface area contributed by atoms with Crippen molar-refractivity contribution < 1.29 is 22.6 Å². The fourth-order valence-corrected chi connectivity index (χ4v) is 1.80. The number of nitrogens with one attached hydrogen (secondary N) is 1. The molecule has 0 amide bonds. The van der Waals surface area contributed by atoms with Crippen LogP contribution in [0.1, 0.15) is 19.4 Å². The summed E-state index contributed by atoms with van der Waals surface area (Å²) in [4.78, 5) is 7.42. The Morgan fingerprint density at radius 2 is 1.83 bits per heavy atom. The summed E-state index contributed by atoms with van der Waals surface area (Å²) >= 11 is 0. The van der Waals surface area contributed by atoms with E-state index >= 15 is 0 Å². The van der Waals surface area contributed by atoms with Crippen LogP contribution in [0.5, 0.6) is 11.6 Å². The zero-order chi connectivity index (χ0) is 17.7. The molecule has 5 nitrogen and oxygen atoms in total. The molecule has 0 spiro atoms. The minimum atomic E-state index is -4.57. The van der Waals surface area contributed by atoms with Gasteiger partial charge in [-0.3, -0.25) is 0 Å². The van der Waals surface area contributed by atoms with E-state index in [1.165, 1.54) is 0 Å². The minimum Gasteiger partial charge on any atom is -0.493 e. The number of alkyl halides is 3. The molecule has 0 saturated carbocycles. The lowest BCUT2D eigenvalue weighted by Crippen LogP contribution is -2.11. The van der Waals surface area contributed by atoms with Crippen molar-refractivity contribution in [1.29, 1.82) is 0 Å². The third-order valence-electron chi connectivity index (χ3n) is 2.95. The van der Waals surface area contributed by atoms with E-state index in [1.54, 1.807) is 24.3 Å². The van der Waals surface area contributed by atoms with E-state index in [0.717, 1.165) is 7.11 Å². The Balaban J connectivity index is 2.11. The largest absolute Gasteiger partial charge is 0.493 e. The van der Waals surface area contributed by atoms with Crippen molar-refractivity contribution in [3.63, 3.8) is 0 Å². The first kappa shape index (κ1) is 17.8. The predicted molar refractivity (Wildman–Crippen MR) is 83.6 cm³/mol. The molecule has 0 atom stereocenters. The molecule has 8 heteroatoms. The second-order valence-corrected chi connectivity index (χ2v) is 5.47. The SMILES string of the molecule is COc1nc(Nc2ccc(OCC(C)C)cc2)ncc1C(F)(F)F. The molecule has 2 rings (SSSR count). The van der Waals surface area contributed by atoms with E-state index in [1.807, 2.05) is 13.8 Å². The summed E-state index contributed by atoms with van der Waals surface area (Å²) < 4.78 is 48.6. The van der Waals surface area contributed by atoms with Crippen LogP contribution in [0.15, 0.2) is 30.5 Å². The summed E-state index contributed by atoms with van der Waals surface area (Å²) in [6.07, 6.45) is -3.88. The first-order chi connectivity index (χ1) is 11.3. The molecule has 0 saturated heterocycles. The van der Waals surface area contributed by atoms with Gasteiger partial charge in [-0.2, -0.15) is 18.2 Å². The normalized spacial score (nSPS) is 11.5. The van der Waals surface area contributed by atoms with Crippen molar-refractivity contribution in [3.8, 4) is 11.6 Å². The number of methoxy groups -OCH3 is 1. The topological polar surface area (TPSA) is 56.3 Å². The molecule has 0 unspecified atom stereocenters. The van der Waals surface area contributed by atoms with Crippen molar-refractivity contribution in [3.05, 3.63) is 36.0 Å². The molecule has 0 bridgehead atoms. The third-order valence-corrected chi connectivity index (χ3v) is 2.95. The van der Waals surface area contributed by atoms with Gasteiger partial charge >= 0.3 is 6.18 Å². The Hall–Kier alpha value is -2.51.